The molecule has 0 aliphatic heterocycles. The summed E-state index contributed by atoms with van der Waals surface area (Å²) in [6.07, 6.45) is 0.515. The van der Waals surface area contributed by atoms with Crippen molar-refractivity contribution in [3.8, 4) is 0 Å². The molecule has 0 bridgehead atoms. The van der Waals surface area contributed by atoms with Crippen LogP contribution in [0.1, 0.15) is 13.3 Å². The molecule has 18 heavy (non-hydrogen) atoms. The molecule has 2 rings (SSSR count). The van der Waals surface area contributed by atoms with Gasteiger partial charge in [-0.2, -0.15) is 0 Å². The number of benzene rings is 1. The number of fused-ring (bicyclic) bond motifs is 1. The van der Waals surface area contributed by atoms with E-state index in [4.69, 9.17) is 0 Å². The number of non-ortho nitro benzene ring substituents is 1. The number of ketones is 1. The van der Waals surface area contributed by atoms with Crippen LogP contribution in [0, 0.1) is 10.1 Å². The molecule has 5 nitrogen and oxygen atoms in total. The van der Waals surface area contributed by atoms with Gasteiger partial charge in [0, 0.05) is 24.3 Å². The van der Waals surface area contributed by atoms with Crippen LogP contribution in [0.15, 0.2) is 22.5 Å². The van der Waals surface area contributed by atoms with Gasteiger partial charge in [-0.25, -0.2) is 4.98 Å². The average Bonchev–Trinajstić information content (AvgIpc) is 2.69. The zero-order chi connectivity index (χ0) is 13.1. The summed E-state index contributed by atoms with van der Waals surface area (Å²) in [4.78, 5) is 25.4. The van der Waals surface area contributed by atoms with Gasteiger partial charge in [-0.05, 0) is 13.0 Å². The fourth-order valence-electron chi connectivity index (χ4n) is 1.35. The quantitative estimate of drug-likeness (QED) is 0.478. The van der Waals surface area contributed by atoms with E-state index in [0.717, 1.165) is 14.6 Å². The number of carbonyl (C=O) groups is 1. The molecule has 1 aromatic carbocycles. The fourth-order valence-corrected chi connectivity index (χ4v) is 3.56. The molecule has 0 saturated heterocycles. The molecule has 0 saturated carbocycles. The smallest absolute Gasteiger partial charge is 0.270 e. The van der Waals surface area contributed by atoms with E-state index in [1.54, 1.807) is 13.0 Å². The number of thioether (sulfide) groups is 1. The normalized spacial score (nSPS) is 10.7. The van der Waals surface area contributed by atoms with Crippen molar-refractivity contribution in [2.45, 2.75) is 17.7 Å². The Morgan fingerprint density at radius 3 is 3.00 bits per heavy atom. The Morgan fingerprint density at radius 1 is 1.56 bits per heavy atom. The maximum Gasteiger partial charge on any atom is 0.270 e. The van der Waals surface area contributed by atoms with Gasteiger partial charge >= 0.3 is 0 Å². The van der Waals surface area contributed by atoms with Crippen LogP contribution < -0.4 is 0 Å². The molecule has 0 unspecified atom stereocenters. The second-order valence-corrected chi connectivity index (χ2v) is 6.06. The molecule has 0 amide bonds. The van der Waals surface area contributed by atoms with Crippen molar-refractivity contribution in [3.63, 3.8) is 0 Å². The largest absolute Gasteiger partial charge is 0.300 e. The highest BCUT2D eigenvalue weighted by atomic mass is 32.2. The fraction of sp³-hybridized carbons (Fsp3) is 0.273. The molecule has 0 atom stereocenters. The van der Waals surface area contributed by atoms with Gasteiger partial charge in [-0.1, -0.05) is 11.8 Å². The summed E-state index contributed by atoms with van der Waals surface area (Å²) in [5, 5.41) is 10.6. The number of nitro benzene ring substituents is 1. The first-order valence-electron chi connectivity index (χ1n) is 5.23. The summed E-state index contributed by atoms with van der Waals surface area (Å²) in [5.41, 5.74) is 0.836. The Kier molecular flexibility index (Phi) is 3.93. The number of thiazole rings is 1. The summed E-state index contributed by atoms with van der Waals surface area (Å²) < 4.78 is 1.64. The third kappa shape index (κ3) is 3.05. The minimum absolute atomic E-state index is 0.0754. The summed E-state index contributed by atoms with van der Waals surface area (Å²) >= 11 is 2.92. The molecule has 0 fully saturated rings. The van der Waals surface area contributed by atoms with Crippen LogP contribution in [0.5, 0.6) is 0 Å². The molecular formula is C11H10N2O3S2. The van der Waals surface area contributed by atoms with Crippen LogP contribution >= 0.6 is 23.1 Å². The molecule has 94 valence electrons. The summed E-state index contributed by atoms with van der Waals surface area (Å²) in [6.45, 7) is 1.56. The van der Waals surface area contributed by atoms with Crippen LogP contribution in [0.2, 0.25) is 0 Å². The highest BCUT2D eigenvalue weighted by Gasteiger charge is 2.10. The van der Waals surface area contributed by atoms with E-state index in [0.29, 0.717) is 12.2 Å². The maximum atomic E-state index is 10.8. The Morgan fingerprint density at radius 2 is 2.33 bits per heavy atom. The van der Waals surface area contributed by atoms with Gasteiger partial charge in [0.15, 0.2) is 4.34 Å². The monoisotopic (exact) mass is 282 g/mol. The van der Waals surface area contributed by atoms with Gasteiger partial charge in [-0.15, -0.1) is 11.3 Å². The third-order valence-corrected chi connectivity index (χ3v) is 4.41. The number of carbonyl (C=O) groups excluding carboxylic acids is 1. The van der Waals surface area contributed by atoms with E-state index in [-0.39, 0.29) is 11.5 Å². The van der Waals surface area contributed by atoms with Crippen LogP contribution in [0.3, 0.4) is 0 Å². The van der Waals surface area contributed by atoms with Crippen molar-refractivity contribution in [1.82, 2.24) is 4.98 Å². The van der Waals surface area contributed by atoms with Gasteiger partial charge in [-0.3, -0.25) is 14.9 Å². The first-order chi connectivity index (χ1) is 8.56. The van der Waals surface area contributed by atoms with Crippen molar-refractivity contribution in [3.05, 3.63) is 28.3 Å². The van der Waals surface area contributed by atoms with Crippen LogP contribution in [0.4, 0.5) is 5.69 Å². The van der Waals surface area contributed by atoms with Crippen LogP contribution in [-0.2, 0) is 4.79 Å². The molecule has 1 heterocycles. The van der Waals surface area contributed by atoms with Crippen molar-refractivity contribution < 1.29 is 9.72 Å². The lowest BCUT2D eigenvalue weighted by Gasteiger charge is -1.92. The van der Waals surface area contributed by atoms with E-state index in [2.05, 4.69) is 4.98 Å². The van der Waals surface area contributed by atoms with Crippen molar-refractivity contribution in [2.24, 2.45) is 0 Å². The predicted octanol–water partition coefficient (Wildman–Crippen LogP) is 3.28. The number of rotatable bonds is 5. The Balaban J connectivity index is 2.16. The predicted molar refractivity (Wildman–Crippen MR) is 72.3 cm³/mol. The molecule has 0 radical (unpaired) electrons. The third-order valence-electron chi connectivity index (χ3n) is 2.24. The van der Waals surface area contributed by atoms with Gasteiger partial charge in [0.25, 0.3) is 5.69 Å². The highest BCUT2D eigenvalue weighted by molar-refractivity contribution is 8.01. The number of hydrogen-bond acceptors (Lipinski definition) is 6. The molecular weight excluding hydrogens is 272 g/mol. The lowest BCUT2D eigenvalue weighted by atomic mass is 10.3. The minimum Gasteiger partial charge on any atom is -0.300 e. The molecule has 0 N–H and O–H groups in total. The molecule has 0 spiro atoms. The summed E-state index contributed by atoms with van der Waals surface area (Å²) in [7, 11) is 0. The molecule has 0 aliphatic rings. The van der Waals surface area contributed by atoms with Crippen molar-refractivity contribution in [2.75, 3.05) is 5.75 Å². The lowest BCUT2D eigenvalue weighted by molar-refractivity contribution is -0.384. The summed E-state index contributed by atoms with van der Waals surface area (Å²) in [6, 6.07) is 4.63. The first kappa shape index (κ1) is 13.0. The number of nitro groups is 1. The SMILES string of the molecule is CC(=O)CCSc1nc2ccc([N+](=O)[O-])cc2s1. The maximum absolute atomic E-state index is 10.8. The number of nitrogens with zero attached hydrogens (tertiary/aromatic N) is 2. The lowest BCUT2D eigenvalue weighted by Crippen LogP contribution is -1.90. The zero-order valence-electron chi connectivity index (χ0n) is 9.58. The Labute approximate surface area is 111 Å². The standard InChI is InChI=1S/C11H10N2O3S2/c1-7(14)4-5-17-11-12-9-3-2-8(13(15)16)6-10(9)18-11/h2-3,6H,4-5H2,1H3. The van der Waals surface area contributed by atoms with Crippen molar-refractivity contribution >= 4 is 44.8 Å². The average molecular weight is 282 g/mol. The van der Waals surface area contributed by atoms with Gasteiger partial charge < -0.3 is 0 Å². The van der Waals surface area contributed by atoms with E-state index in [9.17, 15) is 14.9 Å². The minimum atomic E-state index is -0.415. The first-order valence-corrected chi connectivity index (χ1v) is 7.03. The van der Waals surface area contributed by atoms with Gasteiger partial charge in [0.05, 0.1) is 15.1 Å². The van der Waals surface area contributed by atoms with Gasteiger partial charge in [0.2, 0.25) is 0 Å². The number of hydrogen-bond donors (Lipinski definition) is 0. The van der Waals surface area contributed by atoms with Crippen LogP contribution in [-0.4, -0.2) is 21.4 Å². The number of aromatic nitrogens is 1. The van der Waals surface area contributed by atoms with Crippen LogP contribution in [0.25, 0.3) is 10.2 Å². The topological polar surface area (TPSA) is 73.1 Å². The number of Topliss-reactive ketones (excluding diaryl/α,β-unsaturated/α-hetero) is 1. The molecule has 1 aromatic heterocycles. The summed E-state index contributed by atoms with van der Waals surface area (Å²) in [5.74, 6) is 0.844. The molecule has 7 heteroatoms. The second kappa shape index (κ2) is 5.45. The molecule has 0 aliphatic carbocycles. The van der Waals surface area contributed by atoms with Crippen molar-refractivity contribution in [1.29, 1.82) is 0 Å². The van der Waals surface area contributed by atoms with E-state index >= 15 is 0 Å². The highest BCUT2D eigenvalue weighted by Crippen LogP contribution is 2.31. The van der Waals surface area contributed by atoms with E-state index in [1.807, 2.05) is 0 Å². The Bertz CT molecular complexity index is 609. The van der Waals surface area contributed by atoms with E-state index in [1.165, 1.54) is 35.2 Å². The zero-order valence-corrected chi connectivity index (χ0v) is 11.2. The Hall–Kier alpha value is -1.47. The second-order valence-electron chi connectivity index (χ2n) is 3.69. The molecule has 2 aromatic rings. The van der Waals surface area contributed by atoms with Gasteiger partial charge in [0.1, 0.15) is 5.78 Å². The van der Waals surface area contributed by atoms with E-state index < -0.39 is 4.92 Å².